The fraction of sp³-hybridized carbons (Fsp3) is 0.211. The molecule has 2 aromatic rings. The molecule has 0 aliphatic heterocycles. The standard InChI is InChI=1S/C19H19NO6S/c1-14(21)15-6-5-7-16(12-15)20-18(22)13-26-19(23)10-11-27(24,25)17-8-3-2-4-9-17/h2-9,12H,10-11,13H2,1H3,(H,20,22). The number of ether oxygens (including phenoxy) is 1. The van der Waals surface area contributed by atoms with E-state index in [0.29, 0.717) is 11.3 Å². The molecule has 0 aliphatic rings. The minimum atomic E-state index is -3.59. The first-order valence-electron chi connectivity index (χ1n) is 8.12. The van der Waals surface area contributed by atoms with E-state index in [1.165, 1.54) is 25.1 Å². The van der Waals surface area contributed by atoms with E-state index in [-0.39, 0.29) is 17.1 Å². The minimum Gasteiger partial charge on any atom is -0.456 e. The molecule has 0 bridgehead atoms. The molecule has 0 saturated carbocycles. The van der Waals surface area contributed by atoms with Crippen molar-refractivity contribution in [3.8, 4) is 0 Å². The molecular weight excluding hydrogens is 370 g/mol. The van der Waals surface area contributed by atoms with Crippen molar-refractivity contribution in [3.05, 3.63) is 60.2 Å². The highest BCUT2D eigenvalue weighted by atomic mass is 32.2. The Hall–Kier alpha value is -3.00. The number of ketones is 1. The van der Waals surface area contributed by atoms with Crippen LogP contribution in [0.1, 0.15) is 23.7 Å². The Morgan fingerprint density at radius 1 is 1.00 bits per heavy atom. The van der Waals surface area contributed by atoms with Gasteiger partial charge in [-0.3, -0.25) is 14.4 Å². The zero-order valence-electron chi connectivity index (χ0n) is 14.7. The third-order valence-corrected chi connectivity index (χ3v) is 5.33. The average molecular weight is 389 g/mol. The van der Waals surface area contributed by atoms with Gasteiger partial charge in [-0.25, -0.2) is 8.42 Å². The van der Waals surface area contributed by atoms with Crippen LogP contribution in [-0.2, 0) is 24.2 Å². The van der Waals surface area contributed by atoms with Crippen molar-refractivity contribution in [2.45, 2.75) is 18.2 Å². The van der Waals surface area contributed by atoms with Gasteiger partial charge in [-0.2, -0.15) is 0 Å². The van der Waals surface area contributed by atoms with Gasteiger partial charge in [0.1, 0.15) is 0 Å². The predicted molar refractivity (Wildman–Crippen MR) is 99.1 cm³/mol. The van der Waals surface area contributed by atoms with Crippen molar-refractivity contribution in [3.63, 3.8) is 0 Å². The summed E-state index contributed by atoms with van der Waals surface area (Å²) in [6, 6.07) is 14.1. The number of benzene rings is 2. The molecule has 0 fully saturated rings. The van der Waals surface area contributed by atoms with Gasteiger partial charge in [-0.15, -0.1) is 0 Å². The number of carbonyl (C=O) groups excluding carboxylic acids is 3. The van der Waals surface area contributed by atoms with Crippen molar-refractivity contribution in [1.29, 1.82) is 0 Å². The summed E-state index contributed by atoms with van der Waals surface area (Å²) < 4.78 is 29.0. The van der Waals surface area contributed by atoms with Crippen molar-refractivity contribution >= 4 is 33.2 Å². The summed E-state index contributed by atoms with van der Waals surface area (Å²) in [5, 5.41) is 2.50. The van der Waals surface area contributed by atoms with Gasteiger partial charge >= 0.3 is 5.97 Å². The zero-order chi connectivity index (χ0) is 19.9. The maximum atomic E-state index is 12.1. The minimum absolute atomic E-state index is 0.126. The summed E-state index contributed by atoms with van der Waals surface area (Å²) in [6.07, 6.45) is -0.357. The zero-order valence-corrected chi connectivity index (χ0v) is 15.5. The number of esters is 1. The number of carbonyl (C=O) groups is 3. The summed E-state index contributed by atoms with van der Waals surface area (Å²) in [4.78, 5) is 35.0. The Labute approximate surface area is 157 Å². The van der Waals surface area contributed by atoms with E-state index >= 15 is 0 Å². The Morgan fingerprint density at radius 3 is 2.37 bits per heavy atom. The number of amides is 1. The molecule has 2 rings (SSSR count). The quantitative estimate of drug-likeness (QED) is 0.548. The molecule has 0 atom stereocenters. The van der Waals surface area contributed by atoms with Crippen molar-refractivity contribution < 1.29 is 27.5 Å². The number of anilines is 1. The van der Waals surface area contributed by atoms with Crippen molar-refractivity contribution in [1.82, 2.24) is 0 Å². The molecule has 0 saturated heterocycles. The van der Waals surface area contributed by atoms with E-state index in [1.54, 1.807) is 36.4 Å². The lowest BCUT2D eigenvalue weighted by Gasteiger charge is -2.08. The summed E-state index contributed by atoms with van der Waals surface area (Å²) >= 11 is 0. The molecule has 27 heavy (non-hydrogen) atoms. The molecule has 0 unspecified atom stereocenters. The highest BCUT2D eigenvalue weighted by molar-refractivity contribution is 7.91. The summed E-state index contributed by atoms with van der Waals surface area (Å²) in [7, 11) is -3.59. The first kappa shape index (κ1) is 20.3. The number of sulfone groups is 1. The molecule has 0 aliphatic carbocycles. The van der Waals surface area contributed by atoms with Gasteiger partial charge < -0.3 is 10.1 Å². The maximum absolute atomic E-state index is 12.1. The van der Waals surface area contributed by atoms with Gasteiger partial charge in [-0.05, 0) is 31.2 Å². The molecule has 1 amide bonds. The lowest BCUT2D eigenvalue weighted by Crippen LogP contribution is -2.22. The van der Waals surface area contributed by atoms with Gasteiger partial charge in [0.2, 0.25) is 0 Å². The van der Waals surface area contributed by atoms with Gasteiger partial charge in [0, 0.05) is 11.3 Å². The van der Waals surface area contributed by atoms with E-state index in [0.717, 1.165) is 0 Å². The molecule has 0 spiro atoms. The fourth-order valence-corrected chi connectivity index (χ4v) is 3.44. The van der Waals surface area contributed by atoms with Crippen LogP contribution < -0.4 is 5.32 Å². The van der Waals surface area contributed by atoms with E-state index < -0.39 is 34.1 Å². The Kier molecular flexibility index (Phi) is 6.84. The van der Waals surface area contributed by atoms with Crippen LogP contribution in [-0.4, -0.2) is 38.4 Å². The average Bonchev–Trinajstić information content (AvgIpc) is 2.65. The Morgan fingerprint density at radius 2 is 1.70 bits per heavy atom. The van der Waals surface area contributed by atoms with Crippen LogP contribution >= 0.6 is 0 Å². The third-order valence-electron chi connectivity index (χ3n) is 3.59. The van der Waals surface area contributed by atoms with Gasteiger partial charge in [0.05, 0.1) is 17.1 Å². The van der Waals surface area contributed by atoms with Crippen LogP contribution in [0, 0.1) is 0 Å². The third kappa shape index (κ3) is 6.34. The summed E-state index contributed by atoms with van der Waals surface area (Å²) in [5.41, 5.74) is 0.839. The largest absolute Gasteiger partial charge is 0.456 e. The topological polar surface area (TPSA) is 107 Å². The summed E-state index contributed by atoms with van der Waals surface area (Å²) in [5.74, 6) is -1.92. The lowest BCUT2D eigenvalue weighted by molar-refractivity contribution is -0.146. The van der Waals surface area contributed by atoms with Crippen molar-refractivity contribution in [2.24, 2.45) is 0 Å². The van der Waals surface area contributed by atoms with Crippen LogP contribution in [0.25, 0.3) is 0 Å². The first-order chi connectivity index (χ1) is 12.8. The second kappa shape index (κ2) is 9.09. The normalized spacial score (nSPS) is 10.9. The second-order valence-electron chi connectivity index (χ2n) is 5.73. The van der Waals surface area contributed by atoms with E-state index in [4.69, 9.17) is 4.74 Å². The van der Waals surface area contributed by atoms with Crippen LogP contribution in [0.3, 0.4) is 0 Å². The van der Waals surface area contributed by atoms with E-state index in [2.05, 4.69) is 5.32 Å². The van der Waals surface area contributed by atoms with Crippen LogP contribution in [0.2, 0.25) is 0 Å². The first-order valence-corrected chi connectivity index (χ1v) is 9.77. The lowest BCUT2D eigenvalue weighted by atomic mass is 10.1. The maximum Gasteiger partial charge on any atom is 0.307 e. The van der Waals surface area contributed by atoms with Gasteiger partial charge in [0.25, 0.3) is 5.91 Å². The fourth-order valence-electron chi connectivity index (χ4n) is 2.19. The number of Topliss-reactive ketones (excluding diaryl/α,β-unsaturated/α-hetero) is 1. The smallest absolute Gasteiger partial charge is 0.307 e. The van der Waals surface area contributed by atoms with Crippen LogP contribution in [0.5, 0.6) is 0 Å². The molecule has 2 aromatic carbocycles. The number of hydrogen-bond acceptors (Lipinski definition) is 6. The number of hydrogen-bond donors (Lipinski definition) is 1. The molecule has 0 aromatic heterocycles. The molecular formula is C19H19NO6S. The van der Waals surface area contributed by atoms with Crippen molar-refractivity contribution in [2.75, 3.05) is 17.7 Å². The molecule has 0 heterocycles. The van der Waals surface area contributed by atoms with Crippen LogP contribution in [0.15, 0.2) is 59.5 Å². The van der Waals surface area contributed by atoms with E-state index in [1.807, 2.05) is 0 Å². The molecule has 142 valence electrons. The number of nitrogens with one attached hydrogen (secondary N) is 1. The highest BCUT2D eigenvalue weighted by Crippen LogP contribution is 2.12. The molecule has 8 heteroatoms. The predicted octanol–water partition coefficient (Wildman–Crippen LogP) is 2.23. The molecule has 7 nitrogen and oxygen atoms in total. The van der Waals surface area contributed by atoms with E-state index in [9.17, 15) is 22.8 Å². The Bertz CT molecular complexity index is 938. The SMILES string of the molecule is CC(=O)c1cccc(NC(=O)COC(=O)CCS(=O)(=O)c2ccccc2)c1. The van der Waals surface area contributed by atoms with Gasteiger partial charge in [-0.1, -0.05) is 30.3 Å². The number of rotatable bonds is 8. The monoisotopic (exact) mass is 389 g/mol. The molecule has 0 radical (unpaired) electrons. The van der Waals surface area contributed by atoms with Gasteiger partial charge in [0.15, 0.2) is 22.2 Å². The second-order valence-corrected chi connectivity index (χ2v) is 7.84. The highest BCUT2D eigenvalue weighted by Gasteiger charge is 2.17. The Balaban J connectivity index is 1.81. The summed E-state index contributed by atoms with van der Waals surface area (Å²) in [6.45, 7) is 0.862. The molecule has 1 N–H and O–H groups in total. The van der Waals surface area contributed by atoms with Crippen LogP contribution in [0.4, 0.5) is 5.69 Å².